The molecule has 0 aliphatic heterocycles. The molecule has 0 unspecified atom stereocenters. The molecule has 0 atom stereocenters. The maximum absolute atomic E-state index is 10.8. The van der Waals surface area contributed by atoms with Crippen molar-refractivity contribution in [2.75, 3.05) is 0 Å². The van der Waals surface area contributed by atoms with Gasteiger partial charge < -0.3 is 0 Å². The van der Waals surface area contributed by atoms with Gasteiger partial charge >= 0.3 is 0 Å². The first-order valence-corrected chi connectivity index (χ1v) is 7.72. The molecule has 0 aliphatic carbocycles. The number of aryl methyl sites for hydroxylation is 3. The first-order chi connectivity index (χ1) is 10.1. The van der Waals surface area contributed by atoms with Crippen LogP contribution in [-0.2, 0) is 12.8 Å². The first-order valence-electron chi connectivity index (χ1n) is 7.72. The monoisotopic (exact) mass is 282 g/mol. The van der Waals surface area contributed by atoms with Gasteiger partial charge in [-0.15, -0.1) is 0 Å². The lowest BCUT2D eigenvalue weighted by Crippen LogP contribution is -1.90. The summed E-state index contributed by atoms with van der Waals surface area (Å²) in [6.07, 6.45) is 3.64. The number of rotatable bonds is 4. The van der Waals surface area contributed by atoms with Crippen molar-refractivity contribution in [2.45, 2.75) is 47.0 Å². The number of hydrogen-bond donors (Lipinski definition) is 0. The standard InChI is InChI=1S/C11H16.C9H10O/c1-3-7-11-9-6-5-8-10(11)4-2;1-7-4-3-5-9(6-7)8(2)10/h5-6,8-9H,3-4,7H2,1-2H3;3-6H,1-2H3. The first kappa shape index (κ1) is 17.2. The summed E-state index contributed by atoms with van der Waals surface area (Å²) in [5.41, 5.74) is 4.96. The molecular weight excluding hydrogens is 256 g/mol. The van der Waals surface area contributed by atoms with Crippen molar-refractivity contribution in [3.05, 3.63) is 70.8 Å². The molecule has 0 saturated heterocycles. The molecular formula is C20H26O. The van der Waals surface area contributed by atoms with Gasteiger partial charge in [0, 0.05) is 5.56 Å². The second-order valence-corrected chi connectivity index (χ2v) is 5.30. The summed E-state index contributed by atoms with van der Waals surface area (Å²) in [6, 6.07) is 16.3. The largest absolute Gasteiger partial charge is 0.295 e. The molecule has 0 aromatic heterocycles. The Labute approximate surface area is 129 Å². The Kier molecular flexibility index (Phi) is 7.45. The molecule has 0 saturated carbocycles. The third-order valence-electron chi connectivity index (χ3n) is 3.44. The number of carbonyl (C=O) groups excluding carboxylic acids is 1. The predicted molar refractivity (Wildman–Crippen MR) is 91.0 cm³/mol. The van der Waals surface area contributed by atoms with Crippen LogP contribution in [0, 0.1) is 6.92 Å². The van der Waals surface area contributed by atoms with Crippen LogP contribution in [0.3, 0.4) is 0 Å². The van der Waals surface area contributed by atoms with Crippen molar-refractivity contribution in [2.24, 2.45) is 0 Å². The molecule has 0 bridgehead atoms. The highest BCUT2D eigenvalue weighted by Gasteiger charge is 1.96. The zero-order valence-corrected chi connectivity index (χ0v) is 13.6. The number of benzene rings is 2. The molecule has 0 radical (unpaired) electrons. The van der Waals surface area contributed by atoms with Crippen LogP contribution in [0.2, 0.25) is 0 Å². The molecule has 2 aromatic carbocycles. The predicted octanol–water partition coefficient (Wildman–Crippen LogP) is 5.40. The number of hydrogen-bond acceptors (Lipinski definition) is 1. The zero-order chi connectivity index (χ0) is 15.7. The van der Waals surface area contributed by atoms with Crippen molar-refractivity contribution < 1.29 is 4.79 Å². The summed E-state index contributed by atoms with van der Waals surface area (Å²) >= 11 is 0. The normalized spacial score (nSPS) is 9.71. The number of carbonyl (C=O) groups is 1. The van der Waals surface area contributed by atoms with E-state index in [4.69, 9.17) is 0 Å². The molecule has 1 nitrogen and oxygen atoms in total. The van der Waals surface area contributed by atoms with Gasteiger partial charge in [-0.05, 0) is 43.9 Å². The summed E-state index contributed by atoms with van der Waals surface area (Å²) in [7, 11) is 0. The Morgan fingerprint density at radius 3 is 2.10 bits per heavy atom. The molecule has 21 heavy (non-hydrogen) atoms. The molecule has 0 aliphatic rings. The van der Waals surface area contributed by atoms with E-state index in [9.17, 15) is 4.79 Å². The van der Waals surface area contributed by atoms with E-state index in [-0.39, 0.29) is 5.78 Å². The fourth-order valence-electron chi connectivity index (χ4n) is 2.28. The van der Waals surface area contributed by atoms with E-state index in [0.717, 1.165) is 17.5 Å². The van der Waals surface area contributed by atoms with E-state index in [0.29, 0.717) is 0 Å². The second kappa shape index (κ2) is 9.12. The lowest BCUT2D eigenvalue weighted by molar-refractivity contribution is 0.101. The van der Waals surface area contributed by atoms with Gasteiger partial charge in [0.15, 0.2) is 5.78 Å². The van der Waals surface area contributed by atoms with Crippen molar-refractivity contribution in [1.29, 1.82) is 0 Å². The summed E-state index contributed by atoms with van der Waals surface area (Å²) in [5, 5.41) is 0. The van der Waals surface area contributed by atoms with E-state index < -0.39 is 0 Å². The van der Waals surface area contributed by atoms with Gasteiger partial charge in [0.25, 0.3) is 0 Å². The minimum atomic E-state index is 0.128. The summed E-state index contributed by atoms with van der Waals surface area (Å²) in [6.45, 7) is 8.00. The molecule has 0 fully saturated rings. The van der Waals surface area contributed by atoms with Crippen LogP contribution in [0.15, 0.2) is 48.5 Å². The Morgan fingerprint density at radius 2 is 1.62 bits per heavy atom. The average molecular weight is 282 g/mol. The molecule has 1 heteroatoms. The van der Waals surface area contributed by atoms with Crippen molar-refractivity contribution in [3.8, 4) is 0 Å². The third-order valence-corrected chi connectivity index (χ3v) is 3.44. The van der Waals surface area contributed by atoms with Crippen LogP contribution >= 0.6 is 0 Å². The van der Waals surface area contributed by atoms with E-state index in [1.165, 1.54) is 24.0 Å². The van der Waals surface area contributed by atoms with Gasteiger partial charge in [-0.25, -0.2) is 0 Å². The van der Waals surface area contributed by atoms with Crippen molar-refractivity contribution >= 4 is 5.78 Å². The fourth-order valence-corrected chi connectivity index (χ4v) is 2.28. The van der Waals surface area contributed by atoms with Crippen LogP contribution in [0.1, 0.15) is 54.2 Å². The van der Waals surface area contributed by atoms with E-state index in [1.807, 2.05) is 31.2 Å². The van der Waals surface area contributed by atoms with Gasteiger partial charge in [-0.2, -0.15) is 0 Å². The lowest BCUT2D eigenvalue weighted by Gasteiger charge is -2.04. The third kappa shape index (κ3) is 5.95. The molecule has 0 N–H and O–H groups in total. The maximum Gasteiger partial charge on any atom is 0.159 e. The van der Waals surface area contributed by atoms with Gasteiger partial charge in [-0.1, -0.05) is 68.3 Å². The van der Waals surface area contributed by atoms with Crippen LogP contribution in [0.5, 0.6) is 0 Å². The van der Waals surface area contributed by atoms with Crippen LogP contribution in [0.25, 0.3) is 0 Å². The zero-order valence-electron chi connectivity index (χ0n) is 13.6. The minimum Gasteiger partial charge on any atom is -0.295 e. The highest BCUT2D eigenvalue weighted by atomic mass is 16.1. The Bertz CT molecular complexity index is 570. The summed E-state index contributed by atoms with van der Waals surface area (Å²) in [4.78, 5) is 10.8. The van der Waals surface area contributed by atoms with E-state index >= 15 is 0 Å². The van der Waals surface area contributed by atoms with Crippen molar-refractivity contribution in [3.63, 3.8) is 0 Å². The Hall–Kier alpha value is -1.89. The number of Topliss-reactive ketones (excluding diaryl/α,β-unsaturated/α-hetero) is 1. The molecule has 0 spiro atoms. The van der Waals surface area contributed by atoms with Gasteiger partial charge in [0.1, 0.15) is 0 Å². The summed E-state index contributed by atoms with van der Waals surface area (Å²) in [5.74, 6) is 0.128. The Morgan fingerprint density at radius 1 is 0.952 bits per heavy atom. The topological polar surface area (TPSA) is 17.1 Å². The van der Waals surface area contributed by atoms with Crippen molar-refractivity contribution in [1.82, 2.24) is 0 Å². The molecule has 2 aromatic rings. The fraction of sp³-hybridized carbons (Fsp3) is 0.350. The SMILES string of the molecule is CC(=O)c1cccc(C)c1.CCCc1ccccc1CC. The molecule has 0 heterocycles. The Balaban J connectivity index is 0.000000211. The molecule has 0 amide bonds. The van der Waals surface area contributed by atoms with Gasteiger partial charge in [0.2, 0.25) is 0 Å². The average Bonchev–Trinajstić information content (AvgIpc) is 2.49. The molecule has 2 rings (SSSR count). The quantitative estimate of drug-likeness (QED) is 0.686. The van der Waals surface area contributed by atoms with Crippen LogP contribution in [-0.4, -0.2) is 5.78 Å². The van der Waals surface area contributed by atoms with Crippen LogP contribution in [0.4, 0.5) is 0 Å². The van der Waals surface area contributed by atoms with Gasteiger partial charge in [0.05, 0.1) is 0 Å². The van der Waals surface area contributed by atoms with Crippen LogP contribution < -0.4 is 0 Å². The van der Waals surface area contributed by atoms with Gasteiger partial charge in [-0.3, -0.25) is 4.79 Å². The minimum absolute atomic E-state index is 0.128. The van der Waals surface area contributed by atoms with E-state index in [2.05, 4.69) is 38.1 Å². The second-order valence-electron chi connectivity index (χ2n) is 5.30. The highest BCUT2D eigenvalue weighted by Crippen LogP contribution is 2.10. The highest BCUT2D eigenvalue weighted by molar-refractivity contribution is 5.94. The van der Waals surface area contributed by atoms with E-state index in [1.54, 1.807) is 6.92 Å². The molecule has 112 valence electrons. The maximum atomic E-state index is 10.8. The lowest BCUT2D eigenvalue weighted by atomic mass is 10.0. The smallest absolute Gasteiger partial charge is 0.159 e. The number of ketones is 1. The summed E-state index contributed by atoms with van der Waals surface area (Å²) < 4.78 is 0.